The van der Waals surface area contributed by atoms with E-state index in [2.05, 4.69) is 40.4 Å². The Kier molecular flexibility index (Phi) is 3.89. The van der Waals surface area contributed by atoms with Gasteiger partial charge in [0.25, 0.3) is 0 Å². The van der Waals surface area contributed by atoms with Crippen LogP contribution in [0, 0.1) is 0 Å². The number of thiophene rings is 1. The lowest BCUT2D eigenvalue weighted by Crippen LogP contribution is -2.47. The van der Waals surface area contributed by atoms with E-state index in [1.54, 1.807) is 11.3 Å². The van der Waals surface area contributed by atoms with Crippen molar-refractivity contribution in [1.82, 2.24) is 9.80 Å². The number of likely N-dealkylation sites (N-methyl/N-ethyl adjacent to an activating group) is 1. The van der Waals surface area contributed by atoms with Gasteiger partial charge in [0, 0.05) is 41.3 Å². The number of anilines is 2. The van der Waals surface area contributed by atoms with Gasteiger partial charge in [-0.1, -0.05) is 29.8 Å². The third-order valence-corrected chi connectivity index (χ3v) is 6.36. The number of aliphatic imine (C=N–C) groups is 1. The quantitative estimate of drug-likeness (QED) is 0.597. The Labute approximate surface area is 161 Å². The van der Waals surface area contributed by atoms with Crippen LogP contribution in [-0.4, -0.2) is 48.9 Å². The molecule has 3 heterocycles. The third kappa shape index (κ3) is 2.67. The van der Waals surface area contributed by atoms with Gasteiger partial charge in [0.1, 0.15) is 10.8 Å². The van der Waals surface area contributed by atoms with Gasteiger partial charge in [-0.3, -0.25) is 0 Å². The van der Waals surface area contributed by atoms with E-state index in [0.29, 0.717) is 0 Å². The van der Waals surface area contributed by atoms with Crippen LogP contribution in [-0.2, 0) is 0 Å². The van der Waals surface area contributed by atoms with E-state index >= 15 is 0 Å². The lowest BCUT2D eigenvalue weighted by Gasteiger charge is -2.34. The number of piperazine rings is 1. The molecule has 1 saturated heterocycles. The monoisotopic (exact) mass is 382 g/mol. The second-order valence-corrected chi connectivity index (χ2v) is 8.30. The van der Waals surface area contributed by atoms with E-state index in [1.807, 2.05) is 24.3 Å². The molecule has 6 heteroatoms. The number of fused-ring (bicyclic) bond motifs is 4. The maximum Gasteiger partial charge on any atom is 0.140 e. The minimum Gasteiger partial charge on any atom is -0.353 e. The number of hydrogen-bond acceptors (Lipinski definition) is 5. The molecule has 0 bridgehead atoms. The zero-order chi connectivity index (χ0) is 17.7. The normalized spacial score (nSPS) is 17.3. The average Bonchev–Trinajstić information content (AvgIpc) is 2.89. The van der Waals surface area contributed by atoms with E-state index in [-0.39, 0.29) is 0 Å². The molecule has 0 radical (unpaired) electrons. The molecule has 2 aliphatic heterocycles. The molecule has 3 aromatic rings. The molecule has 0 atom stereocenters. The summed E-state index contributed by atoms with van der Waals surface area (Å²) in [4.78, 5) is 9.90. The second-order valence-electron chi connectivity index (χ2n) is 6.81. The van der Waals surface area contributed by atoms with Gasteiger partial charge in [-0.2, -0.15) is 0 Å². The summed E-state index contributed by atoms with van der Waals surface area (Å²) < 4.78 is 1.19. The van der Waals surface area contributed by atoms with Gasteiger partial charge in [-0.15, -0.1) is 11.3 Å². The van der Waals surface area contributed by atoms with Crippen LogP contribution in [0.3, 0.4) is 0 Å². The first kappa shape index (κ1) is 16.1. The number of amidine groups is 1. The predicted molar refractivity (Wildman–Crippen MR) is 112 cm³/mol. The lowest BCUT2D eigenvalue weighted by atomic mass is 10.1. The van der Waals surface area contributed by atoms with Gasteiger partial charge in [0.15, 0.2) is 0 Å². The summed E-state index contributed by atoms with van der Waals surface area (Å²) in [6, 6.07) is 14.4. The van der Waals surface area contributed by atoms with Crippen LogP contribution < -0.4 is 5.32 Å². The van der Waals surface area contributed by atoms with Gasteiger partial charge < -0.3 is 15.1 Å². The number of benzene rings is 2. The molecule has 1 aromatic heterocycles. The van der Waals surface area contributed by atoms with Crippen molar-refractivity contribution in [3.8, 4) is 0 Å². The molecule has 2 aromatic carbocycles. The molecule has 2 aliphatic rings. The SMILES string of the molecule is CN1CCN(C2=Nc3ccccc3Nc3sc4cc(Cl)ccc4c32)CC1. The summed E-state index contributed by atoms with van der Waals surface area (Å²) in [6.45, 7) is 4.08. The van der Waals surface area contributed by atoms with Gasteiger partial charge in [-0.25, -0.2) is 4.99 Å². The molecular weight excluding hydrogens is 364 g/mol. The summed E-state index contributed by atoms with van der Waals surface area (Å²) in [7, 11) is 2.18. The Morgan fingerprint density at radius 2 is 1.88 bits per heavy atom. The molecule has 4 nitrogen and oxygen atoms in total. The Bertz CT molecular complexity index is 1020. The Hall–Kier alpha value is -2.08. The number of hydrogen-bond donors (Lipinski definition) is 1. The lowest BCUT2D eigenvalue weighted by molar-refractivity contribution is 0.216. The molecule has 0 spiro atoms. The molecule has 1 N–H and O–H groups in total. The molecule has 26 heavy (non-hydrogen) atoms. The van der Waals surface area contributed by atoms with Crippen molar-refractivity contribution in [3.05, 3.63) is 53.1 Å². The van der Waals surface area contributed by atoms with Crippen LogP contribution in [0.2, 0.25) is 5.02 Å². The average molecular weight is 383 g/mol. The van der Waals surface area contributed by atoms with Crippen LogP contribution in [0.25, 0.3) is 10.1 Å². The third-order valence-electron chi connectivity index (χ3n) is 5.06. The fourth-order valence-corrected chi connectivity index (χ4v) is 4.98. The van der Waals surface area contributed by atoms with E-state index in [9.17, 15) is 0 Å². The molecule has 132 valence electrons. The van der Waals surface area contributed by atoms with Gasteiger partial charge >= 0.3 is 0 Å². The number of para-hydroxylation sites is 2. The molecular formula is C20H19ClN4S. The second kappa shape index (κ2) is 6.27. The van der Waals surface area contributed by atoms with Crippen LogP contribution in [0.15, 0.2) is 47.5 Å². The van der Waals surface area contributed by atoms with Gasteiger partial charge in [0.05, 0.1) is 16.9 Å². The van der Waals surface area contributed by atoms with Crippen molar-refractivity contribution in [3.63, 3.8) is 0 Å². The highest BCUT2D eigenvalue weighted by molar-refractivity contribution is 7.23. The molecule has 0 aliphatic carbocycles. The predicted octanol–water partition coefficient (Wildman–Crippen LogP) is 4.94. The standard InChI is InChI=1S/C20H19ClN4S/c1-24-8-10-25(11-9-24)19-18-14-7-6-13(21)12-17(14)26-20(18)23-16-5-3-2-4-15(16)22-19/h2-7,12,23H,8-11H2,1H3. The van der Waals surface area contributed by atoms with Crippen LogP contribution in [0.4, 0.5) is 16.4 Å². The van der Waals surface area contributed by atoms with E-state index in [0.717, 1.165) is 53.4 Å². The zero-order valence-electron chi connectivity index (χ0n) is 14.5. The number of nitrogens with zero attached hydrogens (tertiary/aromatic N) is 3. The highest BCUT2D eigenvalue weighted by Crippen LogP contribution is 2.43. The Balaban J connectivity index is 1.73. The maximum absolute atomic E-state index is 6.24. The van der Waals surface area contributed by atoms with Crippen molar-refractivity contribution in [2.45, 2.75) is 0 Å². The van der Waals surface area contributed by atoms with E-state index < -0.39 is 0 Å². The van der Waals surface area contributed by atoms with Crippen molar-refractivity contribution >= 4 is 55.2 Å². The van der Waals surface area contributed by atoms with Crippen LogP contribution >= 0.6 is 22.9 Å². The highest BCUT2D eigenvalue weighted by Gasteiger charge is 2.27. The zero-order valence-corrected chi connectivity index (χ0v) is 16.1. The molecule has 0 saturated carbocycles. The van der Waals surface area contributed by atoms with E-state index in [4.69, 9.17) is 16.6 Å². The van der Waals surface area contributed by atoms with Crippen molar-refractivity contribution < 1.29 is 0 Å². The minimum absolute atomic E-state index is 0.771. The van der Waals surface area contributed by atoms with Crippen molar-refractivity contribution in [2.75, 3.05) is 38.5 Å². The van der Waals surface area contributed by atoms with Gasteiger partial charge in [-0.05, 0) is 31.3 Å². The van der Waals surface area contributed by atoms with E-state index in [1.165, 1.54) is 15.6 Å². The number of rotatable bonds is 0. The summed E-state index contributed by atoms with van der Waals surface area (Å²) >= 11 is 7.98. The molecule has 0 amide bonds. The largest absolute Gasteiger partial charge is 0.353 e. The molecule has 0 unspecified atom stereocenters. The summed E-state index contributed by atoms with van der Waals surface area (Å²) in [5, 5.41) is 6.74. The first-order chi connectivity index (χ1) is 12.7. The number of nitrogens with one attached hydrogen (secondary N) is 1. The van der Waals surface area contributed by atoms with Crippen molar-refractivity contribution in [2.24, 2.45) is 4.99 Å². The first-order valence-electron chi connectivity index (χ1n) is 8.80. The molecule has 5 rings (SSSR count). The van der Waals surface area contributed by atoms with Crippen LogP contribution in [0.1, 0.15) is 5.56 Å². The Morgan fingerprint density at radius 3 is 2.73 bits per heavy atom. The smallest absolute Gasteiger partial charge is 0.140 e. The van der Waals surface area contributed by atoms with Crippen molar-refractivity contribution in [1.29, 1.82) is 0 Å². The fraction of sp³-hybridized carbons (Fsp3) is 0.250. The van der Waals surface area contributed by atoms with Crippen LogP contribution in [0.5, 0.6) is 0 Å². The summed E-state index contributed by atoms with van der Waals surface area (Å²) in [6.07, 6.45) is 0. The molecule has 1 fully saturated rings. The summed E-state index contributed by atoms with van der Waals surface area (Å²) in [5.41, 5.74) is 3.24. The minimum atomic E-state index is 0.771. The summed E-state index contributed by atoms with van der Waals surface area (Å²) in [5.74, 6) is 1.07. The Morgan fingerprint density at radius 1 is 1.08 bits per heavy atom. The first-order valence-corrected chi connectivity index (χ1v) is 9.99. The topological polar surface area (TPSA) is 30.9 Å². The fourth-order valence-electron chi connectivity index (χ4n) is 3.60. The highest BCUT2D eigenvalue weighted by atomic mass is 35.5. The van der Waals surface area contributed by atoms with Gasteiger partial charge in [0.2, 0.25) is 0 Å². The maximum atomic E-state index is 6.24. The number of halogens is 1.